The van der Waals surface area contributed by atoms with Gasteiger partial charge in [0.1, 0.15) is 0 Å². The van der Waals surface area contributed by atoms with Gasteiger partial charge in [0.15, 0.2) is 26.3 Å². The number of aryl methyl sites for hydroxylation is 3. The highest BCUT2D eigenvalue weighted by Gasteiger charge is 2.36. The summed E-state index contributed by atoms with van der Waals surface area (Å²) in [6.07, 6.45) is 5.04. The second kappa shape index (κ2) is 10.4. The van der Waals surface area contributed by atoms with Gasteiger partial charge in [-0.25, -0.2) is 13.4 Å². The van der Waals surface area contributed by atoms with Crippen LogP contribution >= 0.6 is 0 Å². The van der Waals surface area contributed by atoms with Gasteiger partial charge in [-0.15, -0.1) is 0 Å². The molecule has 210 valence electrons. The van der Waals surface area contributed by atoms with Crippen molar-refractivity contribution in [2.75, 3.05) is 26.5 Å². The zero-order chi connectivity index (χ0) is 28.8. The van der Waals surface area contributed by atoms with Crippen LogP contribution in [0.5, 0.6) is 5.75 Å². The smallest absolute Gasteiger partial charge is 0.256 e. The average Bonchev–Trinajstić information content (AvgIpc) is 3.46. The molecule has 12 heteroatoms. The molecule has 0 unspecified atom stereocenters. The number of methoxy groups -OCH3 is 1. The predicted octanol–water partition coefficient (Wildman–Crippen LogP) is 2.53. The number of piperidine rings is 1. The van der Waals surface area contributed by atoms with Crippen LogP contribution in [-0.2, 0) is 16.9 Å². The molecule has 1 N–H and O–H groups in total. The van der Waals surface area contributed by atoms with Crippen molar-refractivity contribution in [1.82, 2.24) is 29.4 Å². The molecular weight excluding hydrogens is 532 g/mol. The van der Waals surface area contributed by atoms with Crippen LogP contribution in [0.1, 0.15) is 50.0 Å². The minimum Gasteiger partial charge on any atom is -0.493 e. The zero-order valence-corrected chi connectivity index (χ0v) is 23.9. The SMILES string of the molecule is COc1cc(C(=O)N2CC[C@@H](NC(=O)c3c(C)nn(C)c3S(C)(=O)=O)[C@@H](c3ccccc3)C2)cn2c(C)cnc12. The molecule has 0 saturated carbocycles. The lowest BCUT2D eigenvalue weighted by molar-refractivity contribution is 0.0670. The normalized spacial score (nSPS) is 17.7. The number of carbonyl (C=O) groups is 2. The van der Waals surface area contributed by atoms with Gasteiger partial charge in [-0.3, -0.25) is 14.3 Å². The summed E-state index contributed by atoms with van der Waals surface area (Å²) in [6.45, 7) is 4.29. The number of imidazole rings is 1. The van der Waals surface area contributed by atoms with Crippen molar-refractivity contribution in [3.63, 3.8) is 0 Å². The minimum absolute atomic E-state index is 0.0476. The average molecular weight is 565 g/mol. The number of nitrogens with zero attached hydrogens (tertiary/aromatic N) is 5. The highest BCUT2D eigenvalue weighted by molar-refractivity contribution is 7.90. The number of carbonyl (C=O) groups excluding carboxylic acids is 2. The number of nitrogens with one attached hydrogen (secondary N) is 1. The lowest BCUT2D eigenvalue weighted by Crippen LogP contribution is -2.51. The van der Waals surface area contributed by atoms with Gasteiger partial charge in [-0.1, -0.05) is 30.3 Å². The third kappa shape index (κ3) is 4.94. The zero-order valence-electron chi connectivity index (χ0n) is 23.1. The lowest BCUT2D eigenvalue weighted by atomic mass is 9.85. The number of hydrogen-bond acceptors (Lipinski definition) is 7. The summed E-state index contributed by atoms with van der Waals surface area (Å²) in [6, 6.07) is 11.1. The van der Waals surface area contributed by atoms with E-state index >= 15 is 0 Å². The molecule has 1 fully saturated rings. The van der Waals surface area contributed by atoms with Gasteiger partial charge < -0.3 is 19.4 Å². The molecule has 1 aliphatic heterocycles. The van der Waals surface area contributed by atoms with Crippen molar-refractivity contribution in [2.24, 2.45) is 7.05 Å². The molecule has 11 nitrogen and oxygen atoms in total. The standard InChI is InChI=1S/C28H32N6O5S/c1-17-14-29-25-23(39-4)13-20(15-34(17)25)27(36)33-12-11-22(21(16-33)19-9-7-6-8-10-19)30-26(35)24-18(2)31-32(3)28(24)40(5,37)38/h6-10,13-15,21-22H,11-12,16H2,1-5H3,(H,30,35)/t21-,22-/m1/s1. The van der Waals surface area contributed by atoms with Crippen LogP contribution in [0.2, 0.25) is 0 Å². The monoisotopic (exact) mass is 564 g/mol. The number of likely N-dealkylation sites (tertiary alicyclic amines) is 1. The van der Waals surface area contributed by atoms with Crippen molar-refractivity contribution in [2.45, 2.75) is 37.3 Å². The van der Waals surface area contributed by atoms with Crippen molar-refractivity contribution < 1.29 is 22.7 Å². The maximum atomic E-state index is 13.7. The van der Waals surface area contributed by atoms with Gasteiger partial charge in [0, 0.05) is 56.4 Å². The highest BCUT2D eigenvalue weighted by Crippen LogP contribution is 2.30. The van der Waals surface area contributed by atoms with E-state index in [-0.39, 0.29) is 28.5 Å². The molecule has 1 aliphatic rings. The van der Waals surface area contributed by atoms with Gasteiger partial charge in [0.25, 0.3) is 11.8 Å². The molecule has 0 spiro atoms. The number of amides is 2. The molecule has 4 aromatic rings. The van der Waals surface area contributed by atoms with E-state index in [9.17, 15) is 18.0 Å². The first-order chi connectivity index (χ1) is 19.0. The summed E-state index contributed by atoms with van der Waals surface area (Å²) in [5.41, 5.74) is 3.35. The van der Waals surface area contributed by atoms with Gasteiger partial charge in [-0.05, 0) is 31.9 Å². The molecule has 40 heavy (non-hydrogen) atoms. The predicted molar refractivity (Wildman–Crippen MR) is 148 cm³/mol. The van der Waals surface area contributed by atoms with E-state index in [0.29, 0.717) is 42.2 Å². The number of sulfone groups is 1. The number of benzene rings is 1. The number of aromatic nitrogens is 4. The molecule has 1 aromatic carbocycles. The molecule has 4 heterocycles. The molecule has 2 atom stereocenters. The molecule has 1 saturated heterocycles. The van der Waals surface area contributed by atoms with Crippen molar-refractivity contribution in [3.05, 3.63) is 76.9 Å². The topological polar surface area (TPSA) is 128 Å². The lowest BCUT2D eigenvalue weighted by Gasteiger charge is -2.39. The first-order valence-corrected chi connectivity index (χ1v) is 14.8. The van der Waals surface area contributed by atoms with Crippen LogP contribution in [0.3, 0.4) is 0 Å². The Balaban J connectivity index is 1.45. The van der Waals surface area contributed by atoms with Crippen LogP contribution in [0, 0.1) is 13.8 Å². The van der Waals surface area contributed by atoms with Gasteiger partial charge in [0.2, 0.25) is 0 Å². The van der Waals surface area contributed by atoms with Crippen LogP contribution in [-0.4, -0.2) is 76.8 Å². The van der Waals surface area contributed by atoms with E-state index in [1.807, 2.05) is 41.7 Å². The maximum Gasteiger partial charge on any atom is 0.256 e. The molecule has 0 radical (unpaired) electrons. The molecule has 0 aliphatic carbocycles. The van der Waals surface area contributed by atoms with Crippen LogP contribution in [0.25, 0.3) is 5.65 Å². The summed E-state index contributed by atoms with van der Waals surface area (Å²) in [5, 5.41) is 7.13. The molecule has 3 aromatic heterocycles. The summed E-state index contributed by atoms with van der Waals surface area (Å²) in [5.74, 6) is -0.361. The summed E-state index contributed by atoms with van der Waals surface area (Å²) in [7, 11) is -0.639. The quantitative estimate of drug-likeness (QED) is 0.381. The molecule has 2 amide bonds. The fourth-order valence-corrected chi connectivity index (χ4v) is 6.67. The second-order valence-corrected chi connectivity index (χ2v) is 12.1. The highest BCUT2D eigenvalue weighted by atomic mass is 32.2. The molecular formula is C28H32N6O5S. The molecule has 5 rings (SSSR count). The Hall–Kier alpha value is -4.19. The number of fused-ring (bicyclic) bond motifs is 1. The maximum absolute atomic E-state index is 13.7. The Bertz CT molecular complexity index is 1710. The minimum atomic E-state index is -3.70. The fraction of sp³-hybridized carbons (Fsp3) is 0.357. The number of hydrogen-bond donors (Lipinski definition) is 1. The van der Waals surface area contributed by atoms with E-state index in [1.165, 1.54) is 11.7 Å². The summed E-state index contributed by atoms with van der Waals surface area (Å²) >= 11 is 0. The summed E-state index contributed by atoms with van der Waals surface area (Å²) < 4.78 is 33.5. The Morgan fingerprint density at radius 1 is 1.15 bits per heavy atom. The number of pyridine rings is 1. The number of ether oxygens (including phenoxy) is 1. The van der Waals surface area contributed by atoms with Gasteiger partial charge in [-0.2, -0.15) is 5.10 Å². The van der Waals surface area contributed by atoms with Crippen LogP contribution in [0.15, 0.2) is 53.8 Å². The second-order valence-electron chi connectivity index (χ2n) is 10.2. The van der Waals surface area contributed by atoms with Crippen molar-refractivity contribution in [3.8, 4) is 5.75 Å². The van der Waals surface area contributed by atoms with E-state index in [4.69, 9.17) is 4.74 Å². The number of rotatable bonds is 6. The van der Waals surface area contributed by atoms with E-state index in [2.05, 4.69) is 15.4 Å². The summed E-state index contributed by atoms with van der Waals surface area (Å²) in [4.78, 5) is 33.4. The first-order valence-electron chi connectivity index (χ1n) is 12.9. The fourth-order valence-electron chi connectivity index (χ4n) is 5.53. The van der Waals surface area contributed by atoms with E-state index in [0.717, 1.165) is 17.5 Å². The Labute approximate surface area is 232 Å². The third-order valence-corrected chi connectivity index (χ3v) is 8.59. The van der Waals surface area contributed by atoms with Gasteiger partial charge in [0.05, 0.1) is 23.9 Å². The Morgan fingerprint density at radius 3 is 2.55 bits per heavy atom. The Kier molecular flexibility index (Phi) is 7.13. The molecule has 0 bridgehead atoms. The van der Waals surface area contributed by atoms with E-state index < -0.39 is 15.7 Å². The largest absolute Gasteiger partial charge is 0.493 e. The third-order valence-electron chi connectivity index (χ3n) is 7.42. The van der Waals surface area contributed by atoms with E-state index in [1.54, 1.807) is 37.4 Å². The van der Waals surface area contributed by atoms with Crippen LogP contribution < -0.4 is 10.1 Å². The van der Waals surface area contributed by atoms with Gasteiger partial charge >= 0.3 is 0 Å². The van der Waals surface area contributed by atoms with Crippen molar-refractivity contribution >= 4 is 27.3 Å². The van der Waals surface area contributed by atoms with Crippen molar-refractivity contribution in [1.29, 1.82) is 0 Å². The Morgan fingerprint density at radius 2 is 1.88 bits per heavy atom. The first kappa shape index (κ1) is 27.4. The van der Waals surface area contributed by atoms with Crippen LogP contribution in [0.4, 0.5) is 0 Å².